The molecule has 0 amide bonds. The fraction of sp³-hybridized carbons (Fsp3) is 0.364. The summed E-state index contributed by atoms with van der Waals surface area (Å²) in [6.45, 7) is 0. The predicted octanol–water partition coefficient (Wildman–Crippen LogP) is 1.93. The van der Waals surface area contributed by atoms with Gasteiger partial charge in [-0.25, -0.2) is 9.18 Å². The van der Waals surface area contributed by atoms with Crippen LogP contribution in [0.15, 0.2) is 18.2 Å². The molecule has 0 radical (unpaired) electrons. The number of halogens is 1. The molecule has 0 bridgehead atoms. The van der Waals surface area contributed by atoms with Gasteiger partial charge in [-0.05, 0) is 37.0 Å². The van der Waals surface area contributed by atoms with Crippen LogP contribution < -0.4 is 5.73 Å². The lowest BCUT2D eigenvalue weighted by Crippen LogP contribution is -2.15. The van der Waals surface area contributed by atoms with E-state index in [0.717, 1.165) is 12.8 Å². The van der Waals surface area contributed by atoms with Crippen molar-refractivity contribution in [1.82, 2.24) is 0 Å². The van der Waals surface area contributed by atoms with Crippen LogP contribution in [-0.4, -0.2) is 11.1 Å². The minimum atomic E-state index is -1.06. The van der Waals surface area contributed by atoms with Gasteiger partial charge in [-0.1, -0.05) is 0 Å². The minimum absolute atomic E-state index is 0.0856. The lowest BCUT2D eigenvalue weighted by Gasteiger charge is -2.12. The zero-order chi connectivity index (χ0) is 11.0. The highest BCUT2D eigenvalue weighted by atomic mass is 19.1. The van der Waals surface area contributed by atoms with Crippen molar-refractivity contribution in [3.05, 3.63) is 35.1 Å². The first-order valence-electron chi connectivity index (χ1n) is 4.88. The average Bonchev–Trinajstić information content (AvgIpc) is 3.00. The van der Waals surface area contributed by atoms with Crippen LogP contribution in [0, 0.1) is 11.7 Å². The number of carboxylic acids is 1. The molecule has 3 nitrogen and oxygen atoms in total. The molecule has 1 saturated carbocycles. The molecule has 0 saturated heterocycles. The summed E-state index contributed by atoms with van der Waals surface area (Å²) in [6, 6.07) is 3.38. The number of aromatic carboxylic acids is 1. The molecule has 1 aliphatic carbocycles. The fourth-order valence-corrected chi connectivity index (χ4v) is 1.64. The van der Waals surface area contributed by atoms with Crippen LogP contribution in [0.3, 0.4) is 0 Å². The minimum Gasteiger partial charge on any atom is -0.478 e. The number of benzene rings is 1. The maximum absolute atomic E-state index is 13.4. The van der Waals surface area contributed by atoms with Crippen LogP contribution >= 0.6 is 0 Å². The number of rotatable bonds is 3. The first-order valence-corrected chi connectivity index (χ1v) is 4.88. The standard InChI is InChI=1S/C11H12FNO2/c12-9-4-3-7(11(14)15)5-8(9)10(13)6-1-2-6/h3-6,10H,1-2,13H2,(H,14,15)/t10-/m1/s1. The average molecular weight is 209 g/mol. The predicted molar refractivity (Wildman–Crippen MR) is 53.0 cm³/mol. The van der Waals surface area contributed by atoms with Crippen molar-refractivity contribution >= 4 is 5.97 Å². The molecule has 1 aliphatic rings. The van der Waals surface area contributed by atoms with Crippen LogP contribution in [-0.2, 0) is 0 Å². The van der Waals surface area contributed by atoms with E-state index in [-0.39, 0.29) is 11.6 Å². The first-order chi connectivity index (χ1) is 7.09. The lowest BCUT2D eigenvalue weighted by molar-refractivity contribution is 0.0696. The van der Waals surface area contributed by atoms with Crippen molar-refractivity contribution in [2.24, 2.45) is 11.7 Å². The van der Waals surface area contributed by atoms with Gasteiger partial charge in [0.1, 0.15) is 5.82 Å². The Morgan fingerprint density at radius 2 is 2.20 bits per heavy atom. The van der Waals surface area contributed by atoms with Gasteiger partial charge >= 0.3 is 5.97 Å². The van der Waals surface area contributed by atoms with E-state index in [1.807, 2.05) is 0 Å². The van der Waals surface area contributed by atoms with E-state index in [9.17, 15) is 9.18 Å². The van der Waals surface area contributed by atoms with Crippen molar-refractivity contribution in [1.29, 1.82) is 0 Å². The highest BCUT2D eigenvalue weighted by Crippen LogP contribution is 2.40. The molecule has 0 aromatic heterocycles. The Kier molecular flexibility index (Phi) is 2.44. The van der Waals surface area contributed by atoms with E-state index in [2.05, 4.69) is 0 Å². The molecule has 0 heterocycles. The number of nitrogens with two attached hydrogens (primary N) is 1. The van der Waals surface area contributed by atoms with Gasteiger partial charge in [0.05, 0.1) is 5.56 Å². The molecule has 80 valence electrons. The number of carboxylic acid groups (broad SMARTS) is 1. The molecule has 4 heteroatoms. The Morgan fingerprint density at radius 3 is 2.73 bits per heavy atom. The monoisotopic (exact) mass is 209 g/mol. The van der Waals surface area contributed by atoms with Crippen LogP contribution in [0.5, 0.6) is 0 Å². The molecule has 1 aromatic rings. The first kappa shape index (κ1) is 10.1. The highest BCUT2D eigenvalue weighted by Gasteiger charge is 2.31. The van der Waals surface area contributed by atoms with Crippen molar-refractivity contribution in [2.45, 2.75) is 18.9 Å². The maximum Gasteiger partial charge on any atom is 0.335 e. The van der Waals surface area contributed by atoms with Gasteiger partial charge in [0.15, 0.2) is 0 Å². The SMILES string of the molecule is N[C@@H](c1cc(C(=O)O)ccc1F)C1CC1. The van der Waals surface area contributed by atoms with E-state index < -0.39 is 11.8 Å². The molecule has 15 heavy (non-hydrogen) atoms. The van der Waals surface area contributed by atoms with Crippen LogP contribution in [0.1, 0.15) is 34.8 Å². The van der Waals surface area contributed by atoms with Gasteiger partial charge in [0, 0.05) is 11.6 Å². The molecule has 1 atom stereocenters. The Labute approximate surface area is 86.7 Å². The van der Waals surface area contributed by atoms with E-state index >= 15 is 0 Å². The second-order valence-electron chi connectivity index (χ2n) is 3.90. The van der Waals surface area contributed by atoms with Crippen molar-refractivity contribution in [2.75, 3.05) is 0 Å². The van der Waals surface area contributed by atoms with Gasteiger partial charge in [-0.3, -0.25) is 0 Å². The summed E-state index contributed by atoms with van der Waals surface area (Å²) in [5, 5.41) is 8.77. The Bertz CT molecular complexity index is 402. The Morgan fingerprint density at radius 1 is 1.53 bits per heavy atom. The van der Waals surface area contributed by atoms with Gasteiger partial charge < -0.3 is 10.8 Å². The highest BCUT2D eigenvalue weighted by molar-refractivity contribution is 5.87. The molecule has 3 N–H and O–H groups in total. The zero-order valence-electron chi connectivity index (χ0n) is 8.11. The van der Waals surface area contributed by atoms with Gasteiger partial charge in [-0.2, -0.15) is 0 Å². The summed E-state index contributed by atoms with van der Waals surface area (Å²) < 4.78 is 13.4. The third kappa shape index (κ3) is 1.99. The third-order valence-electron chi connectivity index (χ3n) is 2.73. The summed E-state index contributed by atoms with van der Waals surface area (Å²) in [5.41, 5.74) is 6.24. The lowest BCUT2D eigenvalue weighted by atomic mass is 10.0. The summed E-state index contributed by atoms with van der Waals surface area (Å²) in [7, 11) is 0. The number of hydrogen-bond donors (Lipinski definition) is 2. The van der Waals surface area contributed by atoms with Gasteiger partial charge in [0.2, 0.25) is 0 Å². The molecular formula is C11H12FNO2. The largest absolute Gasteiger partial charge is 0.478 e. The maximum atomic E-state index is 13.4. The van der Waals surface area contributed by atoms with E-state index in [1.54, 1.807) is 0 Å². The van der Waals surface area contributed by atoms with Crippen molar-refractivity contribution in [3.8, 4) is 0 Å². The topological polar surface area (TPSA) is 63.3 Å². The second kappa shape index (κ2) is 3.62. The quantitative estimate of drug-likeness (QED) is 0.799. The smallest absolute Gasteiger partial charge is 0.335 e. The van der Waals surface area contributed by atoms with E-state index in [0.29, 0.717) is 11.5 Å². The normalized spacial score (nSPS) is 17.5. The number of carbonyl (C=O) groups is 1. The molecular weight excluding hydrogens is 197 g/mol. The summed E-state index contributed by atoms with van der Waals surface area (Å²) >= 11 is 0. The molecule has 1 aromatic carbocycles. The van der Waals surface area contributed by atoms with Gasteiger partial charge in [-0.15, -0.1) is 0 Å². The van der Waals surface area contributed by atoms with Crippen LogP contribution in [0.4, 0.5) is 4.39 Å². The number of hydrogen-bond acceptors (Lipinski definition) is 2. The van der Waals surface area contributed by atoms with Crippen LogP contribution in [0.25, 0.3) is 0 Å². The van der Waals surface area contributed by atoms with Crippen molar-refractivity contribution in [3.63, 3.8) is 0 Å². The summed E-state index contributed by atoms with van der Waals surface area (Å²) in [5.74, 6) is -1.16. The van der Waals surface area contributed by atoms with E-state index in [1.165, 1.54) is 18.2 Å². The molecule has 0 unspecified atom stereocenters. The third-order valence-corrected chi connectivity index (χ3v) is 2.73. The molecule has 0 spiro atoms. The second-order valence-corrected chi connectivity index (χ2v) is 3.90. The fourth-order valence-electron chi connectivity index (χ4n) is 1.64. The summed E-state index contributed by atoms with van der Waals surface area (Å²) in [6.07, 6.45) is 2.00. The van der Waals surface area contributed by atoms with Crippen LogP contribution in [0.2, 0.25) is 0 Å². The Balaban J connectivity index is 2.35. The summed E-state index contributed by atoms with van der Waals surface area (Å²) in [4.78, 5) is 10.7. The van der Waals surface area contributed by atoms with E-state index in [4.69, 9.17) is 10.8 Å². The Hall–Kier alpha value is -1.42. The van der Waals surface area contributed by atoms with Crippen molar-refractivity contribution < 1.29 is 14.3 Å². The van der Waals surface area contributed by atoms with Gasteiger partial charge in [0.25, 0.3) is 0 Å². The molecule has 1 fully saturated rings. The molecule has 2 rings (SSSR count). The zero-order valence-corrected chi connectivity index (χ0v) is 8.11. The molecule has 0 aliphatic heterocycles.